The summed E-state index contributed by atoms with van der Waals surface area (Å²) in [6.07, 6.45) is -0.697. The molecule has 1 aromatic rings. The Bertz CT molecular complexity index is 831. The first-order valence-corrected chi connectivity index (χ1v) is 9.80. The zero-order valence-corrected chi connectivity index (χ0v) is 17.8. The third-order valence-corrected chi connectivity index (χ3v) is 5.38. The van der Waals surface area contributed by atoms with Crippen molar-refractivity contribution in [2.75, 3.05) is 33.7 Å². The molecule has 0 aromatic heterocycles. The van der Waals surface area contributed by atoms with Gasteiger partial charge in [-0.05, 0) is 47.0 Å². The smallest absolute Gasteiger partial charge is 0.410 e. The van der Waals surface area contributed by atoms with Crippen LogP contribution in [-0.2, 0) is 4.74 Å². The molecule has 30 heavy (non-hydrogen) atoms. The lowest BCUT2D eigenvalue weighted by atomic mass is 9.88. The lowest BCUT2D eigenvalue weighted by Crippen LogP contribution is -2.64. The number of carbonyl (C=O) groups excluding carboxylic acids is 3. The summed E-state index contributed by atoms with van der Waals surface area (Å²) >= 11 is 0. The molecule has 2 heterocycles. The fraction of sp³-hybridized carbons (Fsp3) is 0.571. The lowest BCUT2D eigenvalue weighted by molar-refractivity contribution is -0.153. The van der Waals surface area contributed by atoms with Gasteiger partial charge in [0.05, 0.1) is 23.1 Å². The Balaban J connectivity index is 1.87. The molecule has 0 aliphatic carbocycles. The average Bonchev–Trinajstić information content (AvgIpc) is 2.86. The van der Waals surface area contributed by atoms with Crippen molar-refractivity contribution >= 4 is 17.9 Å². The first-order valence-electron chi connectivity index (χ1n) is 9.80. The fourth-order valence-corrected chi connectivity index (χ4v) is 3.85. The molecule has 2 atom stereocenters. The van der Waals surface area contributed by atoms with Gasteiger partial charge in [-0.2, -0.15) is 0 Å². The van der Waals surface area contributed by atoms with Gasteiger partial charge in [0, 0.05) is 19.6 Å². The molecule has 7 nitrogen and oxygen atoms in total. The number of nitrogens with zero attached hydrogens (tertiary/aromatic N) is 3. The molecule has 2 aliphatic heterocycles. The number of likely N-dealkylation sites (N-methyl/N-ethyl adjacent to an activating group) is 1. The number of fused-ring (bicyclic) bond motifs is 1. The first kappa shape index (κ1) is 22.1. The van der Waals surface area contributed by atoms with Crippen molar-refractivity contribution in [1.29, 1.82) is 0 Å². The van der Waals surface area contributed by atoms with E-state index >= 15 is 8.78 Å². The summed E-state index contributed by atoms with van der Waals surface area (Å²) in [6, 6.07) is 4.97. The molecule has 2 unspecified atom stereocenters. The van der Waals surface area contributed by atoms with E-state index in [0.717, 1.165) is 4.90 Å². The molecule has 1 saturated heterocycles. The van der Waals surface area contributed by atoms with E-state index in [0.29, 0.717) is 0 Å². The van der Waals surface area contributed by atoms with Gasteiger partial charge >= 0.3 is 6.09 Å². The molecule has 0 spiro atoms. The zero-order chi connectivity index (χ0) is 22.4. The van der Waals surface area contributed by atoms with Crippen LogP contribution in [0.15, 0.2) is 24.3 Å². The van der Waals surface area contributed by atoms with Crippen LogP contribution in [0, 0.1) is 5.92 Å². The number of piperidine rings is 1. The minimum Gasteiger partial charge on any atom is -0.444 e. The number of ether oxygens (including phenoxy) is 1. The highest BCUT2D eigenvalue weighted by Gasteiger charge is 2.55. The predicted molar refractivity (Wildman–Crippen MR) is 106 cm³/mol. The van der Waals surface area contributed by atoms with Crippen LogP contribution in [0.4, 0.5) is 13.6 Å². The number of halogens is 2. The van der Waals surface area contributed by atoms with Crippen LogP contribution in [0.25, 0.3) is 0 Å². The number of benzene rings is 1. The van der Waals surface area contributed by atoms with Crippen LogP contribution < -0.4 is 0 Å². The summed E-state index contributed by atoms with van der Waals surface area (Å²) in [5.74, 6) is -5.84. The van der Waals surface area contributed by atoms with Gasteiger partial charge in [0.1, 0.15) is 5.60 Å². The minimum absolute atomic E-state index is 0.204. The Kier molecular flexibility index (Phi) is 5.62. The summed E-state index contributed by atoms with van der Waals surface area (Å²) in [4.78, 5) is 41.3. The number of alkyl halides is 2. The van der Waals surface area contributed by atoms with Gasteiger partial charge in [-0.15, -0.1) is 0 Å². The first-order chi connectivity index (χ1) is 13.8. The monoisotopic (exact) mass is 423 g/mol. The molecule has 3 rings (SSSR count). The van der Waals surface area contributed by atoms with Crippen LogP contribution in [0.3, 0.4) is 0 Å². The molecule has 1 fully saturated rings. The number of rotatable bonds is 3. The fourth-order valence-electron chi connectivity index (χ4n) is 3.85. The maximum atomic E-state index is 15.3. The van der Waals surface area contributed by atoms with Crippen LogP contribution >= 0.6 is 0 Å². The van der Waals surface area contributed by atoms with E-state index < -0.39 is 47.9 Å². The van der Waals surface area contributed by atoms with E-state index in [1.807, 2.05) is 0 Å². The third-order valence-electron chi connectivity index (χ3n) is 5.38. The highest BCUT2D eigenvalue weighted by atomic mass is 19.3. The van der Waals surface area contributed by atoms with Crippen molar-refractivity contribution < 1.29 is 27.9 Å². The molecule has 0 N–H and O–H groups in total. The summed E-state index contributed by atoms with van der Waals surface area (Å²) in [7, 11) is 3.02. The number of hydrogen-bond acceptors (Lipinski definition) is 5. The van der Waals surface area contributed by atoms with Crippen LogP contribution in [0.1, 0.15) is 41.5 Å². The van der Waals surface area contributed by atoms with Crippen molar-refractivity contribution in [2.24, 2.45) is 5.92 Å². The van der Waals surface area contributed by atoms with Gasteiger partial charge in [-0.3, -0.25) is 19.4 Å². The maximum Gasteiger partial charge on any atom is 0.410 e. The summed E-state index contributed by atoms with van der Waals surface area (Å²) in [6.45, 7) is 4.08. The Labute approximate surface area is 174 Å². The van der Waals surface area contributed by atoms with Gasteiger partial charge < -0.3 is 9.64 Å². The number of amides is 3. The van der Waals surface area contributed by atoms with E-state index in [9.17, 15) is 14.4 Å². The zero-order valence-electron chi connectivity index (χ0n) is 17.8. The third kappa shape index (κ3) is 4.03. The Morgan fingerprint density at radius 1 is 1.13 bits per heavy atom. The van der Waals surface area contributed by atoms with Crippen LogP contribution in [-0.4, -0.2) is 83.9 Å². The van der Waals surface area contributed by atoms with Gasteiger partial charge in [0.2, 0.25) is 0 Å². The molecule has 1 aromatic carbocycles. The van der Waals surface area contributed by atoms with E-state index in [4.69, 9.17) is 4.74 Å². The molecule has 0 saturated carbocycles. The van der Waals surface area contributed by atoms with Crippen LogP contribution in [0.5, 0.6) is 0 Å². The normalized spacial score (nSPS) is 23.7. The van der Waals surface area contributed by atoms with Crippen molar-refractivity contribution in [3.05, 3.63) is 35.4 Å². The second kappa shape index (κ2) is 7.61. The number of likely N-dealkylation sites (tertiary alicyclic amines) is 1. The summed E-state index contributed by atoms with van der Waals surface area (Å²) < 4.78 is 36.0. The van der Waals surface area contributed by atoms with Crippen molar-refractivity contribution in [1.82, 2.24) is 14.7 Å². The average molecular weight is 423 g/mol. The molecular weight excluding hydrogens is 396 g/mol. The number of hydrogen-bond donors (Lipinski definition) is 0. The van der Waals surface area contributed by atoms with E-state index in [1.165, 1.54) is 36.0 Å². The standard InChI is InChI=1S/C21H27F2N3O4/c1-20(2,3)30-19(29)25-10-13(21(22,23)16(12-25)24(4)5)11-26-17(27)14-8-6-7-9-15(14)18(26)28/h6-9,13,16H,10-12H2,1-5H3. The van der Waals surface area contributed by atoms with Crippen molar-refractivity contribution in [2.45, 2.75) is 38.3 Å². The summed E-state index contributed by atoms with van der Waals surface area (Å²) in [5.41, 5.74) is -0.368. The van der Waals surface area contributed by atoms with E-state index in [-0.39, 0.29) is 24.2 Å². The highest BCUT2D eigenvalue weighted by molar-refractivity contribution is 6.21. The quantitative estimate of drug-likeness (QED) is 0.700. The Hall–Kier alpha value is -2.55. The number of imide groups is 1. The van der Waals surface area contributed by atoms with Crippen molar-refractivity contribution in [3.8, 4) is 0 Å². The van der Waals surface area contributed by atoms with E-state index in [2.05, 4.69) is 0 Å². The predicted octanol–water partition coefficient (Wildman–Crippen LogP) is 2.71. The topological polar surface area (TPSA) is 70.2 Å². The van der Waals surface area contributed by atoms with Crippen LogP contribution in [0.2, 0.25) is 0 Å². The second-order valence-corrected chi connectivity index (χ2v) is 9.00. The Morgan fingerprint density at radius 3 is 2.13 bits per heavy atom. The van der Waals surface area contributed by atoms with E-state index in [1.54, 1.807) is 32.9 Å². The SMILES string of the molecule is CN(C)C1CN(C(=O)OC(C)(C)C)CC(CN2C(=O)c3ccccc3C2=O)C1(F)F. The Morgan fingerprint density at radius 2 is 1.67 bits per heavy atom. The molecule has 3 amide bonds. The molecule has 2 aliphatic rings. The lowest BCUT2D eigenvalue weighted by Gasteiger charge is -2.46. The molecule has 0 radical (unpaired) electrons. The van der Waals surface area contributed by atoms with Gasteiger partial charge in [-0.25, -0.2) is 13.6 Å². The minimum atomic E-state index is -3.22. The number of carbonyl (C=O) groups is 3. The molecule has 0 bridgehead atoms. The van der Waals surface area contributed by atoms with Gasteiger partial charge in [-0.1, -0.05) is 12.1 Å². The largest absolute Gasteiger partial charge is 0.444 e. The van der Waals surface area contributed by atoms with Crippen molar-refractivity contribution in [3.63, 3.8) is 0 Å². The molecule has 9 heteroatoms. The van der Waals surface area contributed by atoms with Gasteiger partial charge in [0.15, 0.2) is 0 Å². The molecular formula is C21H27F2N3O4. The highest BCUT2D eigenvalue weighted by Crippen LogP contribution is 2.38. The van der Waals surface area contributed by atoms with Gasteiger partial charge in [0.25, 0.3) is 17.7 Å². The molecule has 164 valence electrons. The maximum absolute atomic E-state index is 15.3. The summed E-state index contributed by atoms with van der Waals surface area (Å²) in [5, 5.41) is 0. The second-order valence-electron chi connectivity index (χ2n) is 9.00.